The molecule has 198 valence electrons. The van der Waals surface area contributed by atoms with Crippen LogP contribution in [0.25, 0.3) is 22.0 Å². The number of ether oxygens (including phenoxy) is 1. The van der Waals surface area contributed by atoms with Gasteiger partial charge in [0.15, 0.2) is 9.84 Å². The molecular formula is C31H24F3NO3S. The molecule has 0 aliphatic heterocycles. The lowest BCUT2D eigenvalue weighted by Gasteiger charge is -2.13. The summed E-state index contributed by atoms with van der Waals surface area (Å²) in [6.07, 6.45) is -3.16. The van der Waals surface area contributed by atoms with Gasteiger partial charge in [0, 0.05) is 11.6 Å². The highest BCUT2D eigenvalue weighted by atomic mass is 32.2. The van der Waals surface area contributed by atoms with Gasteiger partial charge in [0.2, 0.25) is 0 Å². The quantitative estimate of drug-likeness (QED) is 0.215. The van der Waals surface area contributed by atoms with E-state index in [4.69, 9.17) is 4.74 Å². The minimum atomic E-state index is -4.52. The fraction of sp³-hybridized carbons (Fsp3) is 0.129. The van der Waals surface area contributed by atoms with Crippen LogP contribution in [0.2, 0.25) is 0 Å². The highest BCUT2D eigenvalue weighted by Crippen LogP contribution is 2.38. The molecule has 0 fully saturated rings. The highest BCUT2D eigenvalue weighted by molar-refractivity contribution is 7.90. The number of aryl methyl sites for hydroxylation is 2. The van der Waals surface area contributed by atoms with Crippen molar-refractivity contribution < 1.29 is 26.3 Å². The molecule has 5 rings (SSSR count). The fourth-order valence-electron chi connectivity index (χ4n) is 4.48. The minimum Gasteiger partial charge on any atom is -0.457 e. The van der Waals surface area contributed by atoms with Gasteiger partial charge in [0.25, 0.3) is 0 Å². The predicted octanol–water partition coefficient (Wildman–Crippen LogP) is 8.30. The maximum atomic E-state index is 13.5. The number of aromatic nitrogens is 1. The van der Waals surface area contributed by atoms with E-state index in [0.29, 0.717) is 28.0 Å². The lowest BCUT2D eigenvalue weighted by molar-refractivity contribution is -0.136. The molecule has 4 nitrogen and oxygen atoms in total. The normalized spacial score (nSPS) is 12.0. The molecule has 0 aliphatic carbocycles. The Morgan fingerprint density at radius 1 is 0.821 bits per heavy atom. The van der Waals surface area contributed by atoms with E-state index < -0.39 is 21.6 Å². The standard InChI is InChI=1S/C31H24F3NO3S/c1-20-9-10-21(2)23(17-20)19-39(36,37)26-13-11-24(12-14-26)38-25-6-3-5-22(18-25)27-15-16-35-30-28(27)7-4-8-29(30)31(32,33)34/h3-18H,19H2,1-2H3. The Labute approximate surface area is 224 Å². The molecule has 0 amide bonds. The van der Waals surface area contributed by atoms with Crippen LogP contribution in [0, 0.1) is 13.8 Å². The van der Waals surface area contributed by atoms with Crippen molar-refractivity contribution in [2.45, 2.75) is 30.7 Å². The molecule has 1 heterocycles. The number of rotatable bonds is 6. The van der Waals surface area contributed by atoms with E-state index in [1.807, 2.05) is 32.0 Å². The SMILES string of the molecule is Cc1ccc(C)c(CS(=O)(=O)c2ccc(Oc3cccc(-c4ccnc5c(C(F)(F)F)cccc45)c3)cc2)c1. The molecule has 0 N–H and O–H groups in total. The maximum absolute atomic E-state index is 13.5. The number of benzene rings is 4. The Balaban J connectivity index is 1.40. The summed E-state index contributed by atoms with van der Waals surface area (Å²) in [5.41, 5.74) is 3.01. The lowest BCUT2D eigenvalue weighted by Crippen LogP contribution is -2.06. The average Bonchev–Trinajstić information content (AvgIpc) is 2.90. The maximum Gasteiger partial charge on any atom is 0.418 e. The number of hydrogen-bond donors (Lipinski definition) is 0. The Kier molecular flexibility index (Phi) is 6.91. The number of nitrogens with zero attached hydrogens (tertiary/aromatic N) is 1. The summed E-state index contributed by atoms with van der Waals surface area (Å²) in [4.78, 5) is 4.18. The molecular weight excluding hydrogens is 523 g/mol. The molecule has 0 bridgehead atoms. The summed E-state index contributed by atoms with van der Waals surface area (Å²) in [5, 5.41) is 0.378. The van der Waals surface area contributed by atoms with E-state index in [-0.39, 0.29) is 16.2 Å². The Morgan fingerprint density at radius 3 is 2.31 bits per heavy atom. The largest absolute Gasteiger partial charge is 0.457 e. The van der Waals surface area contributed by atoms with Crippen molar-refractivity contribution in [1.82, 2.24) is 4.98 Å². The molecule has 0 unspecified atom stereocenters. The predicted molar refractivity (Wildman–Crippen MR) is 146 cm³/mol. The van der Waals surface area contributed by atoms with Gasteiger partial charge in [0.05, 0.1) is 21.7 Å². The summed E-state index contributed by atoms with van der Waals surface area (Å²) >= 11 is 0. The van der Waals surface area contributed by atoms with Crippen molar-refractivity contribution in [3.63, 3.8) is 0 Å². The summed E-state index contributed by atoms with van der Waals surface area (Å²) in [6.45, 7) is 3.81. The van der Waals surface area contributed by atoms with Crippen molar-refractivity contribution in [3.05, 3.63) is 119 Å². The van der Waals surface area contributed by atoms with Gasteiger partial charge in [-0.2, -0.15) is 13.2 Å². The van der Waals surface area contributed by atoms with Crippen LogP contribution in [0.3, 0.4) is 0 Å². The van der Waals surface area contributed by atoms with Crippen LogP contribution in [0.4, 0.5) is 13.2 Å². The van der Waals surface area contributed by atoms with Crippen LogP contribution in [-0.4, -0.2) is 13.4 Å². The molecule has 0 aliphatic rings. The van der Waals surface area contributed by atoms with Crippen LogP contribution in [0.15, 0.2) is 102 Å². The molecule has 0 radical (unpaired) electrons. The third kappa shape index (κ3) is 5.66. The first-order valence-electron chi connectivity index (χ1n) is 12.1. The van der Waals surface area contributed by atoms with Gasteiger partial charge in [-0.1, -0.05) is 48.0 Å². The summed E-state index contributed by atoms with van der Waals surface area (Å²) in [5.74, 6) is 0.783. The van der Waals surface area contributed by atoms with Gasteiger partial charge in [0.1, 0.15) is 11.5 Å². The molecule has 39 heavy (non-hydrogen) atoms. The highest BCUT2D eigenvalue weighted by Gasteiger charge is 2.33. The number of sulfone groups is 1. The number of pyridine rings is 1. The van der Waals surface area contributed by atoms with Gasteiger partial charge in [-0.25, -0.2) is 8.42 Å². The van der Waals surface area contributed by atoms with E-state index in [1.54, 1.807) is 48.5 Å². The second-order valence-electron chi connectivity index (χ2n) is 9.35. The van der Waals surface area contributed by atoms with E-state index in [2.05, 4.69) is 4.98 Å². The zero-order chi connectivity index (χ0) is 27.8. The van der Waals surface area contributed by atoms with Crippen molar-refractivity contribution in [3.8, 4) is 22.6 Å². The van der Waals surface area contributed by atoms with Crippen molar-refractivity contribution >= 4 is 20.7 Å². The van der Waals surface area contributed by atoms with Gasteiger partial charge in [-0.3, -0.25) is 4.98 Å². The van der Waals surface area contributed by atoms with E-state index in [9.17, 15) is 21.6 Å². The molecule has 8 heteroatoms. The van der Waals surface area contributed by atoms with Gasteiger partial charge in [-0.05, 0) is 84.6 Å². The van der Waals surface area contributed by atoms with E-state index in [0.717, 1.165) is 22.8 Å². The number of halogens is 3. The van der Waals surface area contributed by atoms with Gasteiger partial charge >= 0.3 is 6.18 Å². The Bertz CT molecular complexity index is 1780. The van der Waals surface area contributed by atoms with Crippen LogP contribution in [0.1, 0.15) is 22.3 Å². The topological polar surface area (TPSA) is 56.3 Å². The minimum absolute atomic E-state index is 0.0985. The molecule has 0 atom stereocenters. The second-order valence-corrected chi connectivity index (χ2v) is 11.3. The number of alkyl halides is 3. The summed E-state index contributed by atoms with van der Waals surface area (Å²) in [7, 11) is -3.56. The average molecular weight is 548 g/mol. The van der Waals surface area contributed by atoms with Crippen LogP contribution >= 0.6 is 0 Å². The molecule has 0 saturated carbocycles. The smallest absolute Gasteiger partial charge is 0.418 e. The van der Waals surface area contributed by atoms with Gasteiger partial charge < -0.3 is 4.74 Å². The van der Waals surface area contributed by atoms with Gasteiger partial charge in [-0.15, -0.1) is 0 Å². The molecule has 0 spiro atoms. The number of fused-ring (bicyclic) bond motifs is 1. The zero-order valence-electron chi connectivity index (χ0n) is 21.2. The number of para-hydroxylation sites is 1. The third-order valence-electron chi connectivity index (χ3n) is 6.49. The van der Waals surface area contributed by atoms with Crippen LogP contribution in [0.5, 0.6) is 11.5 Å². The third-order valence-corrected chi connectivity index (χ3v) is 8.17. The first-order valence-corrected chi connectivity index (χ1v) is 13.8. The lowest BCUT2D eigenvalue weighted by atomic mass is 9.99. The summed E-state index contributed by atoms with van der Waals surface area (Å²) < 4.78 is 72.5. The van der Waals surface area contributed by atoms with Crippen molar-refractivity contribution in [2.75, 3.05) is 0 Å². The molecule has 4 aromatic carbocycles. The molecule has 0 saturated heterocycles. The Hall–Kier alpha value is -4.17. The monoisotopic (exact) mass is 547 g/mol. The first kappa shape index (κ1) is 26.4. The first-order chi connectivity index (χ1) is 18.5. The fourth-order valence-corrected chi connectivity index (χ4v) is 5.92. The van der Waals surface area contributed by atoms with Crippen LogP contribution < -0.4 is 4.74 Å². The van der Waals surface area contributed by atoms with Crippen LogP contribution in [-0.2, 0) is 21.8 Å². The van der Waals surface area contributed by atoms with Crippen molar-refractivity contribution in [2.24, 2.45) is 0 Å². The number of hydrogen-bond acceptors (Lipinski definition) is 4. The molecule has 5 aromatic rings. The van der Waals surface area contributed by atoms with Crippen molar-refractivity contribution in [1.29, 1.82) is 0 Å². The zero-order valence-corrected chi connectivity index (χ0v) is 22.0. The van der Waals surface area contributed by atoms with E-state index >= 15 is 0 Å². The van der Waals surface area contributed by atoms with E-state index in [1.165, 1.54) is 24.4 Å². The summed E-state index contributed by atoms with van der Waals surface area (Å²) in [6, 6.07) is 24.6. The second kappa shape index (κ2) is 10.2. The Morgan fingerprint density at radius 2 is 1.56 bits per heavy atom. The molecule has 1 aromatic heterocycles.